The van der Waals surface area contributed by atoms with Crippen molar-refractivity contribution in [3.05, 3.63) is 46.3 Å². The first-order valence-electron chi connectivity index (χ1n) is 9.49. The summed E-state index contributed by atoms with van der Waals surface area (Å²) in [4.78, 5) is 10.0. The molecule has 10 heteroatoms. The number of methoxy groups -OCH3 is 3. The molecule has 0 aliphatic heterocycles. The van der Waals surface area contributed by atoms with Crippen molar-refractivity contribution in [2.45, 2.75) is 6.92 Å². The van der Waals surface area contributed by atoms with Crippen LogP contribution in [0.5, 0.6) is 17.2 Å². The lowest BCUT2D eigenvalue weighted by Gasteiger charge is -2.14. The second-order valence-corrected chi connectivity index (χ2v) is 9.04. The van der Waals surface area contributed by atoms with Gasteiger partial charge in [0.25, 0.3) is 0 Å². The van der Waals surface area contributed by atoms with Gasteiger partial charge in [-0.25, -0.2) is 9.97 Å². The quantitative estimate of drug-likeness (QED) is 0.317. The predicted octanol–water partition coefficient (Wildman–Crippen LogP) is 6.25. The Kier molecular flexibility index (Phi) is 6.40. The third kappa shape index (κ3) is 4.32. The molecule has 2 aromatic heterocycles. The highest BCUT2D eigenvalue weighted by Gasteiger charge is 2.18. The maximum atomic E-state index is 6.22. The lowest BCUT2D eigenvalue weighted by molar-refractivity contribution is 0.324. The molecule has 2 heterocycles. The van der Waals surface area contributed by atoms with Crippen molar-refractivity contribution in [1.82, 2.24) is 9.97 Å². The number of aryl methyl sites for hydroxylation is 1. The molecule has 7 nitrogen and oxygen atoms in total. The summed E-state index contributed by atoms with van der Waals surface area (Å²) in [6.45, 7) is 1.97. The number of hydrogen-bond donors (Lipinski definition) is 2. The molecular formula is C22H21ClN4O3S2. The Morgan fingerprint density at radius 3 is 2.34 bits per heavy atom. The fraction of sp³-hybridized carbons (Fsp3) is 0.182. The number of ether oxygens (including phenoxy) is 3. The zero-order valence-corrected chi connectivity index (χ0v) is 20.2. The van der Waals surface area contributed by atoms with Crippen LogP contribution in [0.4, 0.5) is 16.6 Å². The fourth-order valence-electron chi connectivity index (χ4n) is 3.13. The third-order valence-corrected chi connectivity index (χ3v) is 7.13. The summed E-state index contributed by atoms with van der Waals surface area (Å²) in [7, 11) is 4.71. The maximum absolute atomic E-state index is 6.22. The van der Waals surface area contributed by atoms with Crippen LogP contribution in [0.2, 0.25) is 5.02 Å². The van der Waals surface area contributed by atoms with Crippen LogP contribution in [0.15, 0.2) is 35.7 Å². The van der Waals surface area contributed by atoms with Crippen molar-refractivity contribution >= 4 is 50.9 Å². The molecular weight excluding hydrogens is 468 g/mol. The van der Waals surface area contributed by atoms with Gasteiger partial charge in [0, 0.05) is 33.8 Å². The van der Waals surface area contributed by atoms with Crippen molar-refractivity contribution in [3.8, 4) is 38.4 Å². The van der Waals surface area contributed by atoms with Gasteiger partial charge in [0.1, 0.15) is 15.7 Å². The Labute approximate surface area is 198 Å². The van der Waals surface area contributed by atoms with Gasteiger partial charge in [-0.2, -0.15) is 0 Å². The monoisotopic (exact) mass is 488 g/mol. The summed E-state index contributed by atoms with van der Waals surface area (Å²) in [5.74, 6) is 2.02. The van der Waals surface area contributed by atoms with Crippen LogP contribution in [-0.4, -0.2) is 31.3 Å². The van der Waals surface area contributed by atoms with Gasteiger partial charge in [0.2, 0.25) is 5.75 Å². The highest BCUT2D eigenvalue weighted by atomic mass is 35.5. The Bertz CT molecular complexity index is 1250. The normalized spacial score (nSPS) is 10.8. The first kappa shape index (κ1) is 22.2. The number of nitrogens with zero attached hydrogens (tertiary/aromatic N) is 2. The summed E-state index contributed by atoms with van der Waals surface area (Å²) >= 11 is 9.09. The number of aromatic nitrogens is 2. The Balaban J connectivity index is 1.62. The molecule has 0 unspecified atom stereocenters. The molecule has 0 aliphatic carbocycles. The average molecular weight is 489 g/mol. The second-order valence-electron chi connectivity index (χ2n) is 6.77. The molecule has 4 rings (SSSR count). The SMILES string of the molecule is COc1cc(Nc2nc(N)c(-c3nc(-c4ccc(Cl)c(C)c4)cs3)s2)cc(OC)c1OC. The first-order chi connectivity index (χ1) is 15.4. The number of nitrogen functional groups attached to an aromatic ring is 1. The molecule has 0 amide bonds. The van der Waals surface area contributed by atoms with E-state index in [0.29, 0.717) is 28.2 Å². The minimum Gasteiger partial charge on any atom is -0.493 e. The number of rotatable bonds is 7. The number of hydrogen-bond acceptors (Lipinski definition) is 9. The second kappa shape index (κ2) is 9.23. The molecule has 0 bridgehead atoms. The average Bonchev–Trinajstić information content (AvgIpc) is 3.41. The van der Waals surface area contributed by atoms with Gasteiger partial charge in [-0.3, -0.25) is 0 Å². The molecule has 4 aromatic rings. The molecule has 166 valence electrons. The minimum absolute atomic E-state index is 0.415. The van der Waals surface area contributed by atoms with Crippen molar-refractivity contribution in [2.75, 3.05) is 32.4 Å². The van der Waals surface area contributed by atoms with Crippen LogP contribution in [0.3, 0.4) is 0 Å². The van der Waals surface area contributed by atoms with E-state index in [4.69, 9.17) is 36.5 Å². The molecule has 0 saturated carbocycles. The number of benzene rings is 2. The Morgan fingerprint density at radius 1 is 1.00 bits per heavy atom. The Morgan fingerprint density at radius 2 is 1.72 bits per heavy atom. The topological polar surface area (TPSA) is 91.5 Å². The number of nitrogens with two attached hydrogens (primary N) is 1. The summed E-state index contributed by atoms with van der Waals surface area (Å²) in [5.41, 5.74) is 9.84. The summed E-state index contributed by atoms with van der Waals surface area (Å²) < 4.78 is 16.2. The van der Waals surface area contributed by atoms with Crippen LogP contribution >= 0.6 is 34.3 Å². The van der Waals surface area contributed by atoms with E-state index in [0.717, 1.165) is 37.4 Å². The number of halogens is 1. The van der Waals surface area contributed by atoms with E-state index in [1.165, 1.54) is 22.7 Å². The van der Waals surface area contributed by atoms with E-state index in [1.54, 1.807) is 21.3 Å². The predicted molar refractivity (Wildman–Crippen MR) is 132 cm³/mol. The van der Waals surface area contributed by atoms with E-state index in [1.807, 2.05) is 42.6 Å². The first-order valence-corrected chi connectivity index (χ1v) is 11.6. The van der Waals surface area contributed by atoms with Crippen molar-refractivity contribution in [1.29, 1.82) is 0 Å². The van der Waals surface area contributed by atoms with E-state index in [9.17, 15) is 0 Å². The molecule has 32 heavy (non-hydrogen) atoms. The summed E-state index contributed by atoms with van der Waals surface area (Å²) in [6, 6.07) is 9.48. The Hall–Kier alpha value is -3.01. The van der Waals surface area contributed by atoms with Crippen LogP contribution in [-0.2, 0) is 0 Å². The van der Waals surface area contributed by atoms with E-state index < -0.39 is 0 Å². The maximum Gasteiger partial charge on any atom is 0.203 e. The largest absolute Gasteiger partial charge is 0.493 e. The van der Waals surface area contributed by atoms with Crippen LogP contribution in [0.1, 0.15) is 5.56 Å². The number of anilines is 3. The number of nitrogens with one attached hydrogen (secondary N) is 1. The zero-order chi connectivity index (χ0) is 22.8. The van der Waals surface area contributed by atoms with Crippen LogP contribution < -0.4 is 25.3 Å². The zero-order valence-electron chi connectivity index (χ0n) is 17.9. The van der Waals surface area contributed by atoms with Crippen LogP contribution in [0.25, 0.3) is 21.1 Å². The minimum atomic E-state index is 0.415. The number of thiazole rings is 2. The van der Waals surface area contributed by atoms with Gasteiger partial charge in [0.05, 0.1) is 27.0 Å². The van der Waals surface area contributed by atoms with E-state index in [-0.39, 0.29) is 0 Å². The summed E-state index contributed by atoms with van der Waals surface area (Å²) in [6.07, 6.45) is 0. The standard InChI is InChI=1S/C22H21ClN4O3S2/c1-11-7-12(5-6-14(11)23)15-10-31-21(26-15)19-20(24)27-22(32-19)25-13-8-16(28-2)18(30-4)17(9-13)29-3/h5-10H,24H2,1-4H3,(H,25,27). The molecule has 0 radical (unpaired) electrons. The van der Waals surface area contributed by atoms with Gasteiger partial charge < -0.3 is 25.3 Å². The van der Waals surface area contributed by atoms with Gasteiger partial charge in [-0.15, -0.1) is 11.3 Å². The smallest absolute Gasteiger partial charge is 0.203 e. The molecule has 0 saturated heterocycles. The van der Waals surface area contributed by atoms with E-state index in [2.05, 4.69) is 10.3 Å². The van der Waals surface area contributed by atoms with Gasteiger partial charge in [-0.1, -0.05) is 29.0 Å². The van der Waals surface area contributed by atoms with Crippen LogP contribution in [0, 0.1) is 6.92 Å². The lowest BCUT2D eigenvalue weighted by atomic mass is 10.1. The van der Waals surface area contributed by atoms with Gasteiger partial charge in [-0.05, 0) is 24.6 Å². The van der Waals surface area contributed by atoms with Gasteiger partial charge >= 0.3 is 0 Å². The fourth-order valence-corrected chi connectivity index (χ4v) is 5.08. The van der Waals surface area contributed by atoms with Crippen molar-refractivity contribution < 1.29 is 14.2 Å². The third-order valence-electron chi connectivity index (χ3n) is 4.72. The molecule has 0 fully saturated rings. The molecule has 3 N–H and O–H groups in total. The van der Waals surface area contributed by atoms with Crippen molar-refractivity contribution in [3.63, 3.8) is 0 Å². The molecule has 0 aliphatic rings. The molecule has 0 spiro atoms. The highest BCUT2D eigenvalue weighted by molar-refractivity contribution is 7.23. The lowest BCUT2D eigenvalue weighted by Crippen LogP contribution is -1.97. The highest BCUT2D eigenvalue weighted by Crippen LogP contribution is 2.43. The van der Waals surface area contributed by atoms with E-state index >= 15 is 0 Å². The summed E-state index contributed by atoms with van der Waals surface area (Å²) in [5, 5.41) is 7.44. The van der Waals surface area contributed by atoms with Crippen molar-refractivity contribution in [2.24, 2.45) is 0 Å². The van der Waals surface area contributed by atoms with Gasteiger partial charge in [0.15, 0.2) is 16.6 Å². The molecule has 0 atom stereocenters. The molecule has 2 aromatic carbocycles.